The summed E-state index contributed by atoms with van der Waals surface area (Å²) < 4.78 is 0. The minimum atomic E-state index is -1.25. The van der Waals surface area contributed by atoms with Gasteiger partial charge in [-0.05, 0) is 49.4 Å². The summed E-state index contributed by atoms with van der Waals surface area (Å²) in [5.74, 6) is -1.18. The number of rotatable bonds is 17. The second-order valence-electron chi connectivity index (χ2n) is 11.4. The van der Waals surface area contributed by atoms with Gasteiger partial charge >= 0.3 is 6.09 Å². The van der Waals surface area contributed by atoms with Crippen molar-refractivity contribution in [1.29, 1.82) is 0 Å². The number of nitrogens with one attached hydrogen (secondary N) is 3. The molecule has 242 valence electrons. The first-order valence-electron chi connectivity index (χ1n) is 15.4. The predicted molar refractivity (Wildman–Crippen MR) is 176 cm³/mol. The molecule has 4 atom stereocenters. The Hall–Kier alpha value is -4.84. The van der Waals surface area contributed by atoms with Crippen LogP contribution >= 0.6 is 0 Å². The highest BCUT2D eigenvalue weighted by atomic mass is 16.4. The largest absolute Gasteiger partial charge is 0.464 e. The fraction of sp³-hybridized carbons (Fsp3) is 0.314. The van der Waals surface area contributed by atoms with Crippen molar-refractivity contribution in [1.82, 2.24) is 26.1 Å². The molecular weight excluding hydrogens is 584 g/mol. The van der Waals surface area contributed by atoms with Crippen molar-refractivity contribution in [3.8, 4) is 0 Å². The normalized spacial score (nSPS) is 13.9. The predicted octanol–water partition coefficient (Wildman–Crippen LogP) is 3.16. The molecule has 0 spiro atoms. The number of amides is 3. The zero-order valence-electron chi connectivity index (χ0n) is 25.9. The van der Waals surface area contributed by atoms with Gasteiger partial charge in [-0.1, -0.05) is 84.9 Å². The van der Waals surface area contributed by atoms with Gasteiger partial charge < -0.3 is 21.3 Å². The number of para-hydroxylation sites is 1. The highest BCUT2D eigenvalue weighted by Gasteiger charge is 2.30. The number of aliphatic hydroxyl groups excluding tert-OH is 1. The number of carboxylic acid groups (broad SMARTS) is 1. The van der Waals surface area contributed by atoms with Crippen molar-refractivity contribution in [2.24, 2.45) is 5.73 Å². The fourth-order valence-corrected chi connectivity index (χ4v) is 5.29. The van der Waals surface area contributed by atoms with Crippen molar-refractivity contribution < 1.29 is 24.6 Å². The van der Waals surface area contributed by atoms with E-state index in [0.29, 0.717) is 18.5 Å². The molecular formula is C35H42N6O5. The van der Waals surface area contributed by atoms with Crippen LogP contribution in [-0.2, 0) is 29.0 Å². The number of aliphatic hydroxyl groups is 1. The van der Waals surface area contributed by atoms with Crippen molar-refractivity contribution in [2.45, 2.75) is 63.4 Å². The number of benzene rings is 3. The molecule has 3 amide bonds. The molecule has 11 nitrogen and oxygen atoms in total. The molecule has 1 heterocycles. The van der Waals surface area contributed by atoms with Crippen LogP contribution < -0.4 is 21.8 Å². The van der Waals surface area contributed by atoms with Crippen LogP contribution in [-0.4, -0.2) is 68.9 Å². The number of carbonyl (C=O) groups is 3. The lowest BCUT2D eigenvalue weighted by atomic mass is 9.99. The first kappa shape index (κ1) is 34.0. The lowest BCUT2D eigenvalue weighted by Gasteiger charge is -2.34. The van der Waals surface area contributed by atoms with Gasteiger partial charge in [0.1, 0.15) is 0 Å². The topological polar surface area (TPSA) is 170 Å². The summed E-state index contributed by atoms with van der Waals surface area (Å²) in [7, 11) is 0. The highest BCUT2D eigenvalue weighted by Crippen LogP contribution is 2.14. The molecule has 11 heteroatoms. The van der Waals surface area contributed by atoms with E-state index in [1.807, 2.05) is 104 Å². The molecule has 0 bridgehead atoms. The average molecular weight is 627 g/mol. The maximum atomic E-state index is 13.6. The Kier molecular flexibility index (Phi) is 12.6. The zero-order valence-corrected chi connectivity index (χ0v) is 25.9. The molecule has 0 aliphatic rings. The summed E-state index contributed by atoms with van der Waals surface area (Å²) in [6.45, 7) is 2.00. The third kappa shape index (κ3) is 10.7. The minimum absolute atomic E-state index is 0.0883. The van der Waals surface area contributed by atoms with Crippen LogP contribution in [0.5, 0.6) is 0 Å². The van der Waals surface area contributed by atoms with E-state index in [4.69, 9.17) is 5.73 Å². The molecule has 46 heavy (non-hydrogen) atoms. The number of fused-ring (bicyclic) bond motifs is 1. The molecule has 0 aliphatic heterocycles. The van der Waals surface area contributed by atoms with Gasteiger partial charge in [0.05, 0.1) is 35.8 Å². The molecule has 3 aromatic carbocycles. The van der Waals surface area contributed by atoms with Gasteiger partial charge in [-0.25, -0.2) is 9.80 Å². The number of pyridine rings is 1. The minimum Gasteiger partial charge on any atom is -0.464 e. The van der Waals surface area contributed by atoms with Crippen molar-refractivity contribution in [2.75, 3.05) is 6.54 Å². The first-order valence-corrected chi connectivity index (χ1v) is 15.4. The Morgan fingerprint density at radius 1 is 0.891 bits per heavy atom. The number of nitrogens with two attached hydrogens (primary N) is 1. The van der Waals surface area contributed by atoms with Gasteiger partial charge in [-0.2, -0.15) is 0 Å². The third-order valence-electron chi connectivity index (χ3n) is 7.85. The Morgan fingerprint density at radius 3 is 2.22 bits per heavy atom. The van der Waals surface area contributed by atoms with E-state index in [-0.39, 0.29) is 32.0 Å². The summed E-state index contributed by atoms with van der Waals surface area (Å²) in [6, 6.07) is 28.6. The number of aromatic nitrogens is 1. The molecule has 4 aromatic rings. The van der Waals surface area contributed by atoms with E-state index in [1.54, 1.807) is 0 Å². The smallest absolute Gasteiger partial charge is 0.419 e. The van der Waals surface area contributed by atoms with E-state index >= 15 is 0 Å². The van der Waals surface area contributed by atoms with Crippen LogP contribution in [0.15, 0.2) is 97.1 Å². The van der Waals surface area contributed by atoms with Crippen LogP contribution in [0, 0.1) is 0 Å². The molecule has 0 saturated heterocycles. The van der Waals surface area contributed by atoms with Gasteiger partial charge in [0.2, 0.25) is 11.8 Å². The van der Waals surface area contributed by atoms with Crippen LogP contribution in [0.1, 0.15) is 36.6 Å². The number of nitrogens with zero attached hydrogens (tertiary/aromatic N) is 2. The standard InChI is InChI=1S/C35H42N6O5/c1-24(16-17-25-10-4-2-5-11-25)41(40-35(45)46)23-32(42)30(20-26-12-6-3-7-13-26)39-34(44)31(21-33(36)43)37-22-28-19-18-27-14-8-9-15-29(27)38-28/h2-15,18-19,24,30-32,37,40,42H,16-17,20-23H2,1H3,(H2,36,43)(H,39,44)(H,45,46)/t24?,30-,31-,32+/m0/s1. The van der Waals surface area contributed by atoms with Crippen LogP contribution in [0.25, 0.3) is 10.9 Å². The molecule has 1 aromatic heterocycles. The Labute approximate surface area is 268 Å². The number of hydrogen-bond donors (Lipinski definition) is 6. The van der Waals surface area contributed by atoms with Crippen molar-refractivity contribution in [3.63, 3.8) is 0 Å². The molecule has 0 radical (unpaired) electrons. The van der Waals surface area contributed by atoms with Crippen LogP contribution in [0.2, 0.25) is 0 Å². The molecule has 0 saturated carbocycles. The van der Waals surface area contributed by atoms with Crippen LogP contribution in [0.3, 0.4) is 0 Å². The maximum Gasteiger partial charge on any atom is 0.419 e. The maximum absolute atomic E-state index is 13.6. The fourth-order valence-electron chi connectivity index (χ4n) is 5.29. The highest BCUT2D eigenvalue weighted by molar-refractivity contribution is 5.88. The van der Waals surface area contributed by atoms with Gasteiger partial charge in [0.25, 0.3) is 0 Å². The summed E-state index contributed by atoms with van der Waals surface area (Å²) >= 11 is 0. The van der Waals surface area contributed by atoms with E-state index in [0.717, 1.165) is 22.0 Å². The molecule has 7 N–H and O–H groups in total. The Morgan fingerprint density at radius 2 is 1.54 bits per heavy atom. The van der Waals surface area contributed by atoms with Gasteiger partial charge in [0.15, 0.2) is 0 Å². The van der Waals surface area contributed by atoms with Crippen LogP contribution in [0.4, 0.5) is 4.79 Å². The Bertz CT molecular complexity index is 1570. The molecule has 0 fully saturated rings. The summed E-state index contributed by atoms with van der Waals surface area (Å²) in [4.78, 5) is 41.9. The summed E-state index contributed by atoms with van der Waals surface area (Å²) in [6.07, 6.45) is -1.09. The zero-order chi connectivity index (χ0) is 32.9. The Balaban J connectivity index is 1.48. The van der Waals surface area contributed by atoms with E-state index < -0.39 is 36.1 Å². The number of primary amides is 1. The quantitative estimate of drug-likeness (QED) is 0.0971. The number of hydrogen-bond acceptors (Lipinski definition) is 7. The van der Waals surface area contributed by atoms with Gasteiger partial charge in [-0.3, -0.25) is 25.3 Å². The number of aryl methyl sites for hydroxylation is 1. The lowest BCUT2D eigenvalue weighted by molar-refractivity contribution is -0.128. The van der Waals surface area contributed by atoms with E-state index in [9.17, 15) is 24.6 Å². The van der Waals surface area contributed by atoms with Crippen molar-refractivity contribution >= 4 is 28.8 Å². The van der Waals surface area contributed by atoms with Crippen molar-refractivity contribution in [3.05, 3.63) is 114 Å². The van der Waals surface area contributed by atoms with E-state index in [2.05, 4.69) is 21.0 Å². The monoisotopic (exact) mass is 626 g/mol. The SMILES string of the molecule is CC(CCc1ccccc1)N(C[C@@H](O)[C@H](Cc1ccccc1)NC(=O)[C@H](CC(N)=O)NCc1ccc2ccccc2n1)NC(=O)O. The number of hydrazine groups is 1. The average Bonchev–Trinajstić information content (AvgIpc) is 3.05. The van der Waals surface area contributed by atoms with E-state index in [1.165, 1.54) is 5.01 Å². The molecule has 1 unspecified atom stereocenters. The third-order valence-corrected chi connectivity index (χ3v) is 7.85. The molecule has 4 rings (SSSR count). The second-order valence-corrected chi connectivity index (χ2v) is 11.4. The summed E-state index contributed by atoms with van der Waals surface area (Å²) in [5.41, 5.74) is 11.4. The lowest BCUT2D eigenvalue weighted by Crippen LogP contribution is -2.57. The van der Waals surface area contributed by atoms with Gasteiger partial charge in [0, 0.05) is 24.5 Å². The van der Waals surface area contributed by atoms with Gasteiger partial charge in [-0.15, -0.1) is 0 Å². The first-order chi connectivity index (χ1) is 22.2. The summed E-state index contributed by atoms with van der Waals surface area (Å²) in [5, 5.41) is 29.5. The second kappa shape index (κ2) is 17.0. The molecule has 0 aliphatic carbocycles. The number of carbonyl (C=O) groups excluding carboxylic acids is 2.